The molecule has 2 aromatic rings. The number of rotatable bonds is 6. The molecule has 1 N–H and O–H groups in total. The smallest absolute Gasteiger partial charge is 0.308 e. The molecule has 1 heterocycles. The van der Waals surface area contributed by atoms with Crippen LogP contribution in [0.4, 0.5) is 11.4 Å². The number of nitrogens with zero attached hydrogens (tertiary/aromatic N) is 1. The van der Waals surface area contributed by atoms with Crippen molar-refractivity contribution in [2.24, 2.45) is 0 Å². The fourth-order valence-corrected chi connectivity index (χ4v) is 4.04. The molecule has 2 aliphatic rings. The molecule has 6 heteroatoms. The Morgan fingerprint density at radius 2 is 1.65 bits per heavy atom. The lowest BCUT2D eigenvalue weighted by molar-refractivity contribution is -0.148. The Morgan fingerprint density at radius 3 is 2.27 bits per heavy atom. The second-order valence-electron chi connectivity index (χ2n) is 6.44. The number of ether oxygens (including phenoxy) is 1. The maximum Gasteiger partial charge on any atom is 0.308 e. The minimum atomic E-state index is -0.357. The number of amides is 1. The average Bonchev–Trinajstić information content (AvgIpc) is 3.47. The Labute approximate surface area is 156 Å². The highest BCUT2D eigenvalue weighted by molar-refractivity contribution is 7.99. The lowest BCUT2D eigenvalue weighted by Gasteiger charge is -2.32. The van der Waals surface area contributed by atoms with Crippen molar-refractivity contribution < 1.29 is 14.3 Å². The molecule has 0 bridgehead atoms. The number of nitrogens with one attached hydrogen (secondary N) is 1. The van der Waals surface area contributed by atoms with Gasteiger partial charge in [0.05, 0.1) is 17.8 Å². The second kappa shape index (κ2) is 7.41. The van der Waals surface area contributed by atoms with E-state index in [0.717, 1.165) is 24.2 Å². The Morgan fingerprint density at radius 1 is 1.04 bits per heavy atom. The Bertz CT molecular complexity index is 790. The SMILES string of the molecule is O=C(COC(=O)CCN1c2ccccc2Sc2ccccc21)NC1CC1. The highest BCUT2D eigenvalue weighted by Gasteiger charge is 2.25. The number of esters is 1. The zero-order valence-corrected chi connectivity index (χ0v) is 15.1. The van der Waals surface area contributed by atoms with Crippen molar-refractivity contribution in [3.63, 3.8) is 0 Å². The number of anilines is 2. The van der Waals surface area contributed by atoms with Crippen molar-refractivity contribution in [2.75, 3.05) is 18.1 Å². The molecule has 1 amide bonds. The second-order valence-corrected chi connectivity index (χ2v) is 7.53. The molecule has 5 nitrogen and oxygen atoms in total. The van der Waals surface area contributed by atoms with Gasteiger partial charge in [-0.15, -0.1) is 0 Å². The van der Waals surface area contributed by atoms with Crippen LogP contribution in [0.3, 0.4) is 0 Å². The summed E-state index contributed by atoms with van der Waals surface area (Å²) in [6, 6.07) is 16.6. The standard InChI is InChI=1S/C20H20N2O3S/c23-19(21-14-9-10-14)13-25-20(24)11-12-22-15-5-1-3-7-17(15)26-18-8-4-2-6-16(18)22/h1-8,14H,9-13H2,(H,21,23). The maximum absolute atomic E-state index is 12.1. The number of carbonyl (C=O) groups excluding carboxylic acids is 2. The Hall–Kier alpha value is -2.47. The summed E-state index contributed by atoms with van der Waals surface area (Å²) < 4.78 is 5.12. The molecule has 0 saturated heterocycles. The van der Waals surface area contributed by atoms with E-state index in [9.17, 15) is 9.59 Å². The van der Waals surface area contributed by atoms with E-state index in [1.165, 1.54) is 9.79 Å². The zero-order chi connectivity index (χ0) is 17.9. The minimum absolute atomic E-state index is 0.196. The van der Waals surface area contributed by atoms with E-state index in [2.05, 4.69) is 34.5 Å². The van der Waals surface area contributed by atoms with Crippen molar-refractivity contribution in [3.05, 3.63) is 48.5 Å². The molecule has 1 aliphatic carbocycles. The molecule has 0 spiro atoms. The number of para-hydroxylation sites is 2. The van der Waals surface area contributed by atoms with Gasteiger partial charge in [-0.1, -0.05) is 36.0 Å². The van der Waals surface area contributed by atoms with Crippen LogP contribution in [0.15, 0.2) is 58.3 Å². The first kappa shape index (κ1) is 17.0. The normalized spacial score (nSPS) is 15.0. The predicted octanol–water partition coefficient (Wildman–Crippen LogP) is 3.50. The van der Waals surface area contributed by atoms with Gasteiger partial charge in [-0.25, -0.2) is 0 Å². The van der Waals surface area contributed by atoms with E-state index in [1.807, 2.05) is 24.3 Å². The summed E-state index contributed by atoms with van der Waals surface area (Å²) in [5.41, 5.74) is 2.19. The van der Waals surface area contributed by atoms with Gasteiger partial charge in [0.25, 0.3) is 5.91 Å². The highest BCUT2D eigenvalue weighted by Crippen LogP contribution is 2.47. The summed E-state index contributed by atoms with van der Waals surface area (Å²) in [6.45, 7) is 0.315. The highest BCUT2D eigenvalue weighted by atomic mass is 32.2. The molecule has 2 aromatic carbocycles. The third-order valence-electron chi connectivity index (χ3n) is 4.38. The van der Waals surface area contributed by atoms with Crippen molar-refractivity contribution in [1.82, 2.24) is 5.32 Å². The molecule has 0 aromatic heterocycles. The van der Waals surface area contributed by atoms with Crippen LogP contribution in [-0.4, -0.2) is 31.1 Å². The largest absolute Gasteiger partial charge is 0.456 e. The fourth-order valence-electron chi connectivity index (χ4n) is 2.94. The van der Waals surface area contributed by atoms with Gasteiger partial charge < -0.3 is 15.0 Å². The van der Waals surface area contributed by atoms with Gasteiger partial charge >= 0.3 is 5.97 Å². The van der Waals surface area contributed by atoms with Crippen molar-refractivity contribution in [2.45, 2.75) is 35.1 Å². The fraction of sp³-hybridized carbons (Fsp3) is 0.300. The van der Waals surface area contributed by atoms with Crippen LogP contribution in [-0.2, 0) is 14.3 Å². The van der Waals surface area contributed by atoms with E-state index < -0.39 is 0 Å². The predicted molar refractivity (Wildman–Crippen MR) is 101 cm³/mol. The molecule has 0 unspecified atom stereocenters. The summed E-state index contributed by atoms with van der Waals surface area (Å²) in [5.74, 6) is -0.574. The number of hydrogen-bond acceptors (Lipinski definition) is 5. The molecule has 0 radical (unpaired) electrons. The summed E-state index contributed by atoms with van der Waals surface area (Å²) in [7, 11) is 0. The summed E-state index contributed by atoms with van der Waals surface area (Å²) in [6.07, 6.45) is 2.26. The van der Waals surface area contributed by atoms with Crippen LogP contribution >= 0.6 is 11.8 Å². The first-order valence-electron chi connectivity index (χ1n) is 8.79. The first-order valence-corrected chi connectivity index (χ1v) is 9.61. The number of fused-ring (bicyclic) bond motifs is 2. The van der Waals surface area contributed by atoms with Gasteiger partial charge in [-0.3, -0.25) is 9.59 Å². The maximum atomic E-state index is 12.1. The third-order valence-corrected chi connectivity index (χ3v) is 5.51. The van der Waals surface area contributed by atoms with Crippen molar-refractivity contribution in [1.29, 1.82) is 0 Å². The zero-order valence-electron chi connectivity index (χ0n) is 14.3. The van der Waals surface area contributed by atoms with Gasteiger partial charge in [0, 0.05) is 22.4 Å². The number of carbonyl (C=O) groups is 2. The average molecular weight is 368 g/mol. The molecule has 134 valence electrons. The molecular formula is C20H20N2O3S. The summed E-state index contributed by atoms with van der Waals surface area (Å²) in [4.78, 5) is 28.2. The van der Waals surface area contributed by atoms with Crippen LogP contribution in [0, 0.1) is 0 Å². The van der Waals surface area contributed by atoms with E-state index in [1.54, 1.807) is 11.8 Å². The molecule has 1 fully saturated rings. The van der Waals surface area contributed by atoms with Crippen molar-refractivity contribution >= 4 is 35.0 Å². The van der Waals surface area contributed by atoms with Gasteiger partial charge in [0.1, 0.15) is 0 Å². The molecule has 1 aliphatic heterocycles. The van der Waals surface area contributed by atoms with Crippen molar-refractivity contribution in [3.8, 4) is 0 Å². The molecule has 4 rings (SSSR count). The van der Waals surface area contributed by atoms with Gasteiger partial charge in [-0.2, -0.15) is 0 Å². The molecule has 26 heavy (non-hydrogen) atoms. The number of benzene rings is 2. The van der Waals surface area contributed by atoms with Gasteiger partial charge in [-0.05, 0) is 37.1 Å². The van der Waals surface area contributed by atoms with E-state index in [-0.39, 0.29) is 30.9 Å². The van der Waals surface area contributed by atoms with Crippen LogP contribution in [0.25, 0.3) is 0 Å². The lowest BCUT2D eigenvalue weighted by Crippen LogP contribution is -2.31. The van der Waals surface area contributed by atoms with Gasteiger partial charge in [0.15, 0.2) is 6.61 Å². The number of hydrogen-bond donors (Lipinski definition) is 1. The van der Waals surface area contributed by atoms with E-state index in [4.69, 9.17) is 4.74 Å². The summed E-state index contributed by atoms with van der Waals surface area (Å²) >= 11 is 1.74. The van der Waals surface area contributed by atoms with E-state index in [0.29, 0.717) is 6.54 Å². The van der Waals surface area contributed by atoms with Crippen LogP contribution < -0.4 is 10.2 Å². The quantitative estimate of drug-likeness (QED) is 0.791. The molecule has 1 saturated carbocycles. The third kappa shape index (κ3) is 3.85. The molecular weight excluding hydrogens is 348 g/mol. The lowest BCUT2D eigenvalue weighted by atomic mass is 10.2. The van der Waals surface area contributed by atoms with E-state index >= 15 is 0 Å². The van der Waals surface area contributed by atoms with Gasteiger partial charge in [0.2, 0.25) is 0 Å². The monoisotopic (exact) mass is 368 g/mol. The molecule has 0 atom stereocenters. The Balaban J connectivity index is 1.39. The summed E-state index contributed by atoms with van der Waals surface area (Å²) in [5, 5.41) is 2.81. The van der Waals surface area contributed by atoms with Crippen LogP contribution in [0.2, 0.25) is 0 Å². The topological polar surface area (TPSA) is 58.6 Å². The Kier molecular flexibility index (Phi) is 4.84. The first-order chi connectivity index (χ1) is 12.7. The van der Waals surface area contributed by atoms with Crippen LogP contribution in [0.5, 0.6) is 0 Å². The van der Waals surface area contributed by atoms with Crippen LogP contribution in [0.1, 0.15) is 19.3 Å². The minimum Gasteiger partial charge on any atom is -0.456 e.